The number of H-pyrrole nitrogens is 1. The molecule has 34 heavy (non-hydrogen) atoms. The molecule has 0 atom stereocenters. The highest BCUT2D eigenvalue weighted by Crippen LogP contribution is 2.34. The van der Waals surface area contributed by atoms with Gasteiger partial charge in [0.15, 0.2) is 0 Å². The van der Waals surface area contributed by atoms with Crippen molar-refractivity contribution < 1.29 is 13.2 Å². The Morgan fingerprint density at radius 1 is 1.12 bits per heavy atom. The van der Waals surface area contributed by atoms with Gasteiger partial charge in [0.25, 0.3) is 5.91 Å². The quantitative estimate of drug-likeness (QED) is 0.237. The molecule has 0 saturated heterocycles. The van der Waals surface area contributed by atoms with E-state index in [1.54, 1.807) is 54.5 Å². The van der Waals surface area contributed by atoms with Crippen LogP contribution in [-0.2, 0) is 9.84 Å². The molecule has 176 valence electrons. The maximum absolute atomic E-state index is 13.7. The molecule has 0 aliphatic rings. The van der Waals surface area contributed by atoms with Gasteiger partial charge in [-0.1, -0.05) is 17.7 Å². The second-order valence-corrected chi connectivity index (χ2v) is 11.5. The van der Waals surface area contributed by atoms with Crippen LogP contribution >= 0.6 is 23.4 Å². The molecular formula is C25H24ClN3O3S2. The van der Waals surface area contributed by atoms with Gasteiger partial charge in [-0.2, -0.15) is 0 Å². The SMILES string of the molecule is Cc1cc(C)cc(S(=O)(=O)c2c(C(=O)NCCCSc3cccnc3)[nH]c3ccc(Cl)cc23)c1. The molecule has 4 aromatic rings. The lowest BCUT2D eigenvalue weighted by atomic mass is 10.2. The van der Waals surface area contributed by atoms with Crippen molar-refractivity contribution in [1.82, 2.24) is 15.3 Å². The zero-order valence-electron chi connectivity index (χ0n) is 18.8. The monoisotopic (exact) mass is 513 g/mol. The number of nitrogens with one attached hydrogen (secondary N) is 2. The molecule has 0 unspecified atom stereocenters. The van der Waals surface area contributed by atoms with Crippen molar-refractivity contribution >= 4 is 50.0 Å². The van der Waals surface area contributed by atoms with E-state index in [0.717, 1.165) is 28.2 Å². The molecule has 0 saturated carbocycles. The maximum atomic E-state index is 13.7. The number of carbonyl (C=O) groups excluding carboxylic acids is 1. The smallest absolute Gasteiger partial charge is 0.269 e. The van der Waals surface area contributed by atoms with Crippen LogP contribution in [0.15, 0.2) is 75.6 Å². The summed E-state index contributed by atoms with van der Waals surface area (Å²) in [6, 6.07) is 13.9. The fourth-order valence-electron chi connectivity index (χ4n) is 3.77. The highest BCUT2D eigenvalue weighted by Gasteiger charge is 2.30. The van der Waals surface area contributed by atoms with Crippen molar-refractivity contribution in [3.8, 4) is 0 Å². The number of amides is 1. The van der Waals surface area contributed by atoms with E-state index in [1.807, 2.05) is 32.0 Å². The average Bonchev–Trinajstić information content (AvgIpc) is 3.18. The predicted molar refractivity (Wildman–Crippen MR) is 137 cm³/mol. The summed E-state index contributed by atoms with van der Waals surface area (Å²) in [6.07, 6.45) is 4.24. The number of halogens is 1. The molecule has 1 amide bonds. The van der Waals surface area contributed by atoms with Crippen molar-refractivity contribution in [2.45, 2.75) is 35.0 Å². The number of sulfone groups is 1. The summed E-state index contributed by atoms with van der Waals surface area (Å²) < 4.78 is 27.5. The first-order valence-corrected chi connectivity index (χ1v) is 13.6. The van der Waals surface area contributed by atoms with E-state index in [1.165, 1.54) is 0 Å². The molecule has 0 aliphatic carbocycles. The minimum atomic E-state index is -3.99. The summed E-state index contributed by atoms with van der Waals surface area (Å²) in [5, 5.41) is 3.63. The largest absolute Gasteiger partial charge is 0.351 e. The third-order valence-electron chi connectivity index (χ3n) is 5.22. The number of aromatic amines is 1. The van der Waals surface area contributed by atoms with Crippen LogP contribution < -0.4 is 5.32 Å². The van der Waals surface area contributed by atoms with Crippen LogP contribution in [0, 0.1) is 13.8 Å². The third kappa shape index (κ3) is 5.29. The minimum absolute atomic E-state index is 0.0105. The van der Waals surface area contributed by atoms with Gasteiger partial charge in [-0.25, -0.2) is 8.42 Å². The number of thioether (sulfide) groups is 1. The van der Waals surface area contributed by atoms with Crippen molar-refractivity contribution in [2.75, 3.05) is 12.3 Å². The number of rotatable bonds is 8. The van der Waals surface area contributed by atoms with Crippen LogP contribution in [0.4, 0.5) is 0 Å². The molecule has 2 heterocycles. The number of pyridine rings is 1. The van der Waals surface area contributed by atoms with Gasteiger partial charge in [-0.15, -0.1) is 11.8 Å². The van der Waals surface area contributed by atoms with E-state index in [9.17, 15) is 13.2 Å². The topological polar surface area (TPSA) is 91.9 Å². The predicted octanol–water partition coefficient (Wildman–Crippen LogP) is 5.58. The Balaban J connectivity index is 1.61. The normalized spacial score (nSPS) is 11.6. The summed E-state index contributed by atoms with van der Waals surface area (Å²) >= 11 is 7.83. The van der Waals surface area contributed by atoms with E-state index >= 15 is 0 Å². The van der Waals surface area contributed by atoms with Gasteiger partial charge in [0, 0.05) is 39.8 Å². The van der Waals surface area contributed by atoms with Crippen LogP contribution in [0.1, 0.15) is 28.0 Å². The lowest BCUT2D eigenvalue weighted by Crippen LogP contribution is -2.26. The number of fused-ring (bicyclic) bond motifs is 1. The standard InChI is InChI=1S/C25H24ClN3O3S2/c1-16-11-17(2)13-20(12-16)34(31,32)24-21-14-18(26)6-7-22(21)29-23(24)25(30)28-9-4-10-33-19-5-3-8-27-15-19/h3,5-8,11-15,29H,4,9-10H2,1-2H3,(H,28,30). The van der Waals surface area contributed by atoms with Crippen molar-refractivity contribution in [3.05, 3.63) is 82.8 Å². The first-order chi connectivity index (χ1) is 16.3. The highest BCUT2D eigenvalue weighted by atomic mass is 35.5. The molecule has 0 bridgehead atoms. The number of hydrogen-bond donors (Lipinski definition) is 2. The first kappa shape index (κ1) is 24.3. The van der Waals surface area contributed by atoms with Gasteiger partial charge in [-0.3, -0.25) is 9.78 Å². The zero-order valence-corrected chi connectivity index (χ0v) is 21.2. The second kappa shape index (κ2) is 10.2. The van der Waals surface area contributed by atoms with Gasteiger partial charge < -0.3 is 10.3 Å². The summed E-state index contributed by atoms with van der Waals surface area (Å²) in [7, 11) is -3.99. The zero-order chi connectivity index (χ0) is 24.3. The van der Waals surface area contributed by atoms with Crippen molar-refractivity contribution in [3.63, 3.8) is 0 Å². The van der Waals surface area contributed by atoms with Gasteiger partial charge in [0.1, 0.15) is 10.6 Å². The molecule has 4 rings (SSSR count). The third-order valence-corrected chi connectivity index (χ3v) is 8.34. The fraction of sp³-hybridized carbons (Fsp3) is 0.200. The number of carbonyl (C=O) groups is 1. The lowest BCUT2D eigenvalue weighted by Gasteiger charge is -2.10. The van der Waals surface area contributed by atoms with Crippen LogP contribution in [0.3, 0.4) is 0 Å². The second-order valence-electron chi connectivity index (χ2n) is 7.99. The number of nitrogens with zero attached hydrogens (tertiary/aromatic N) is 1. The van der Waals surface area contributed by atoms with E-state index < -0.39 is 15.7 Å². The molecule has 2 aromatic heterocycles. The molecule has 0 spiro atoms. The average molecular weight is 514 g/mol. The summed E-state index contributed by atoms with van der Waals surface area (Å²) in [6.45, 7) is 4.09. The Labute approximate surface area is 208 Å². The van der Waals surface area contributed by atoms with E-state index in [2.05, 4.69) is 15.3 Å². The van der Waals surface area contributed by atoms with E-state index in [0.29, 0.717) is 22.5 Å². The number of benzene rings is 2. The summed E-state index contributed by atoms with van der Waals surface area (Å²) in [5.41, 5.74) is 2.20. The molecule has 0 fully saturated rings. The number of aryl methyl sites for hydroxylation is 2. The maximum Gasteiger partial charge on any atom is 0.269 e. The Bertz CT molecular complexity index is 1430. The molecular weight excluding hydrogens is 490 g/mol. The fourth-order valence-corrected chi connectivity index (χ4v) is 6.56. The molecule has 9 heteroatoms. The molecule has 0 radical (unpaired) electrons. The summed E-state index contributed by atoms with van der Waals surface area (Å²) in [5.74, 6) is 0.323. The Morgan fingerprint density at radius 2 is 1.88 bits per heavy atom. The Kier molecular flexibility index (Phi) is 7.30. The number of aromatic nitrogens is 2. The van der Waals surface area contributed by atoms with Crippen molar-refractivity contribution in [1.29, 1.82) is 0 Å². The van der Waals surface area contributed by atoms with Gasteiger partial charge in [0.2, 0.25) is 9.84 Å². The molecule has 2 aromatic carbocycles. The Morgan fingerprint density at radius 3 is 2.59 bits per heavy atom. The minimum Gasteiger partial charge on any atom is -0.351 e. The number of hydrogen-bond acceptors (Lipinski definition) is 5. The van der Waals surface area contributed by atoms with E-state index in [4.69, 9.17) is 11.6 Å². The van der Waals surface area contributed by atoms with Crippen molar-refractivity contribution in [2.24, 2.45) is 0 Å². The lowest BCUT2D eigenvalue weighted by molar-refractivity contribution is 0.0946. The molecule has 2 N–H and O–H groups in total. The molecule has 6 nitrogen and oxygen atoms in total. The van der Waals surface area contributed by atoms with Gasteiger partial charge in [-0.05, 0) is 79.6 Å². The van der Waals surface area contributed by atoms with E-state index in [-0.39, 0.29) is 15.5 Å². The first-order valence-electron chi connectivity index (χ1n) is 10.7. The van der Waals surface area contributed by atoms with Crippen LogP contribution in [-0.4, -0.2) is 36.6 Å². The van der Waals surface area contributed by atoms with Crippen LogP contribution in [0.25, 0.3) is 10.9 Å². The molecule has 0 aliphatic heterocycles. The Hall–Kier alpha value is -2.81. The van der Waals surface area contributed by atoms with Gasteiger partial charge >= 0.3 is 0 Å². The van der Waals surface area contributed by atoms with Gasteiger partial charge in [0.05, 0.1) is 4.90 Å². The van der Waals surface area contributed by atoms with Crippen LogP contribution in [0.5, 0.6) is 0 Å². The van der Waals surface area contributed by atoms with Crippen LogP contribution in [0.2, 0.25) is 5.02 Å². The summed E-state index contributed by atoms with van der Waals surface area (Å²) in [4.78, 5) is 21.3. The highest BCUT2D eigenvalue weighted by molar-refractivity contribution is 7.99.